The Labute approximate surface area is 180 Å². The molecule has 0 saturated carbocycles. The van der Waals surface area contributed by atoms with Gasteiger partial charge in [-0.25, -0.2) is 0 Å². The highest BCUT2D eigenvalue weighted by molar-refractivity contribution is 7.16. The van der Waals surface area contributed by atoms with E-state index in [2.05, 4.69) is 32.2 Å². The molecule has 1 atom stereocenters. The first-order valence-electron chi connectivity index (χ1n) is 10.2. The molecule has 2 aromatic heterocycles. The number of benzene rings is 1. The lowest BCUT2D eigenvalue weighted by atomic mass is 9.72. The first kappa shape index (κ1) is 20.4. The van der Waals surface area contributed by atoms with Crippen LogP contribution in [0.4, 0.5) is 5.00 Å². The molecule has 3 aromatic rings. The van der Waals surface area contributed by atoms with Crippen LogP contribution in [0.25, 0.3) is 10.9 Å². The monoisotopic (exact) mass is 419 g/mol. The van der Waals surface area contributed by atoms with Gasteiger partial charge in [0.15, 0.2) is 6.29 Å². The van der Waals surface area contributed by atoms with Crippen molar-refractivity contribution in [3.8, 4) is 6.07 Å². The quantitative estimate of drug-likeness (QED) is 0.592. The second-order valence-corrected chi connectivity index (χ2v) is 10.1. The lowest BCUT2D eigenvalue weighted by molar-refractivity contribution is -0.116. The van der Waals surface area contributed by atoms with Crippen LogP contribution in [0.1, 0.15) is 53.6 Å². The average molecular weight is 420 g/mol. The number of para-hydroxylation sites is 1. The fourth-order valence-electron chi connectivity index (χ4n) is 4.35. The maximum Gasteiger partial charge on any atom is 0.244 e. The third-order valence-electron chi connectivity index (χ3n) is 6.12. The maximum absolute atomic E-state index is 12.8. The Bertz CT molecular complexity index is 1170. The van der Waals surface area contributed by atoms with Crippen molar-refractivity contribution in [2.24, 2.45) is 11.3 Å². The number of aldehydes is 1. The molecule has 0 fully saturated rings. The molecule has 30 heavy (non-hydrogen) atoms. The topological polar surface area (TPSA) is 74.9 Å². The van der Waals surface area contributed by atoms with Crippen LogP contribution >= 0.6 is 11.3 Å². The number of nitriles is 1. The summed E-state index contributed by atoms with van der Waals surface area (Å²) >= 11 is 1.54. The van der Waals surface area contributed by atoms with Crippen LogP contribution in [0, 0.1) is 22.7 Å². The Balaban J connectivity index is 1.57. The van der Waals surface area contributed by atoms with Crippen molar-refractivity contribution in [2.45, 2.75) is 46.6 Å². The van der Waals surface area contributed by atoms with E-state index in [1.54, 1.807) is 10.8 Å². The first-order chi connectivity index (χ1) is 14.3. The number of hydrogen-bond acceptors (Lipinski definition) is 4. The molecule has 1 aromatic carbocycles. The van der Waals surface area contributed by atoms with Crippen LogP contribution < -0.4 is 5.32 Å². The van der Waals surface area contributed by atoms with Crippen molar-refractivity contribution >= 4 is 39.4 Å². The van der Waals surface area contributed by atoms with Crippen molar-refractivity contribution in [1.29, 1.82) is 5.26 Å². The number of nitrogens with one attached hydrogen (secondary N) is 1. The number of rotatable bonds is 4. The van der Waals surface area contributed by atoms with Gasteiger partial charge < -0.3 is 9.88 Å². The van der Waals surface area contributed by atoms with E-state index in [4.69, 9.17) is 0 Å². The molecular weight excluding hydrogens is 394 g/mol. The number of carbonyl (C=O) groups is 2. The van der Waals surface area contributed by atoms with E-state index in [-0.39, 0.29) is 17.9 Å². The number of thiophene rings is 1. The van der Waals surface area contributed by atoms with E-state index in [1.807, 2.05) is 24.3 Å². The van der Waals surface area contributed by atoms with Gasteiger partial charge in [-0.15, -0.1) is 11.3 Å². The Morgan fingerprint density at radius 3 is 2.83 bits per heavy atom. The number of aromatic nitrogens is 1. The molecule has 1 amide bonds. The Kier molecular flexibility index (Phi) is 5.25. The largest absolute Gasteiger partial charge is 0.337 e. The summed E-state index contributed by atoms with van der Waals surface area (Å²) in [5.41, 5.74) is 3.35. The molecule has 0 saturated heterocycles. The summed E-state index contributed by atoms with van der Waals surface area (Å²) in [6, 6.07) is 9.84. The van der Waals surface area contributed by atoms with Gasteiger partial charge >= 0.3 is 0 Å². The molecule has 0 unspecified atom stereocenters. The summed E-state index contributed by atoms with van der Waals surface area (Å²) in [7, 11) is 0. The Morgan fingerprint density at radius 1 is 1.37 bits per heavy atom. The zero-order chi connectivity index (χ0) is 21.5. The van der Waals surface area contributed by atoms with Crippen molar-refractivity contribution in [3.63, 3.8) is 0 Å². The summed E-state index contributed by atoms with van der Waals surface area (Å²) in [4.78, 5) is 25.4. The predicted octanol–water partition coefficient (Wildman–Crippen LogP) is 5.18. The highest BCUT2D eigenvalue weighted by atomic mass is 32.1. The van der Waals surface area contributed by atoms with Gasteiger partial charge in [0.05, 0.1) is 5.56 Å². The van der Waals surface area contributed by atoms with Crippen LogP contribution in [0.15, 0.2) is 30.5 Å². The van der Waals surface area contributed by atoms with Gasteiger partial charge in [-0.1, -0.05) is 39.0 Å². The van der Waals surface area contributed by atoms with Gasteiger partial charge in [-0.3, -0.25) is 9.59 Å². The van der Waals surface area contributed by atoms with Crippen LogP contribution in [-0.2, 0) is 24.2 Å². The minimum atomic E-state index is -0.198. The fourth-order valence-corrected chi connectivity index (χ4v) is 5.65. The average Bonchev–Trinajstić information content (AvgIpc) is 3.24. The van der Waals surface area contributed by atoms with E-state index in [0.717, 1.165) is 42.0 Å². The smallest absolute Gasteiger partial charge is 0.244 e. The van der Waals surface area contributed by atoms with Crippen molar-refractivity contribution in [1.82, 2.24) is 4.57 Å². The van der Waals surface area contributed by atoms with E-state index in [1.165, 1.54) is 16.2 Å². The van der Waals surface area contributed by atoms with Crippen LogP contribution in [-0.4, -0.2) is 16.8 Å². The summed E-state index contributed by atoms with van der Waals surface area (Å²) in [6.45, 7) is 6.88. The molecule has 154 valence electrons. The number of hydrogen-bond donors (Lipinski definition) is 1. The van der Waals surface area contributed by atoms with Crippen molar-refractivity contribution in [3.05, 3.63) is 52.0 Å². The summed E-state index contributed by atoms with van der Waals surface area (Å²) in [6.07, 6.45) is 5.43. The van der Waals surface area contributed by atoms with Gasteiger partial charge in [-0.05, 0) is 42.2 Å². The van der Waals surface area contributed by atoms with Crippen LogP contribution in [0.2, 0.25) is 0 Å². The summed E-state index contributed by atoms with van der Waals surface area (Å²) < 4.78 is 1.78. The molecule has 1 aliphatic rings. The first-order valence-corrected chi connectivity index (χ1v) is 11.0. The van der Waals surface area contributed by atoms with Crippen LogP contribution in [0.3, 0.4) is 0 Å². The second kappa shape index (κ2) is 7.73. The third kappa shape index (κ3) is 3.66. The minimum absolute atomic E-state index is 0.0897. The van der Waals surface area contributed by atoms with E-state index in [9.17, 15) is 14.9 Å². The zero-order valence-corrected chi connectivity index (χ0v) is 18.3. The number of carbonyl (C=O) groups excluding carboxylic acids is 2. The summed E-state index contributed by atoms with van der Waals surface area (Å²) in [5.74, 6) is 0.377. The van der Waals surface area contributed by atoms with E-state index >= 15 is 0 Å². The summed E-state index contributed by atoms with van der Waals surface area (Å²) in [5, 5.41) is 14.2. The van der Waals surface area contributed by atoms with Gasteiger partial charge in [-0.2, -0.15) is 5.26 Å². The number of amides is 1. The van der Waals surface area contributed by atoms with Gasteiger partial charge in [0.25, 0.3) is 0 Å². The molecule has 6 heteroatoms. The fraction of sp³-hybridized carbons (Fsp3) is 0.375. The van der Waals surface area contributed by atoms with Gasteiger partial charge in [0.1, 0.15) is 17.6 Å². The van der Waals surface area contributed by atoms with Crippen LogP contribution in [0.5, 0.6) is 0 Å². The van der Waals surface area contributed by atoms with E-state index in [0.29, 0.717) is 22.0 Å². The highest BCUT2D eigenvalue weighted by Crippen LogP contribution is 2.44. The molecule has 0 radical (unpaired) electrons. The zero-order valence-electron chi connectivity index (χ0n) is 17.5. The molecule has 2 heterocycles. The molecule has 1 aliphatic carbocycles. The van der Waals surface area contributed by atoms with E-state index < -0.39 is 0 Å². The Morgan fingerprint density at radius 2 is 2.13 bits per heavy atom. The molecule has 5 nitrogen and oxygen atoms in total. The highest BCUT2D eigenvalue weighted by Gasteiger charge is 2.32. The lowest BCUT2D eigenvalue weighted by Crippen LogP contribution is -2.26. The predicted molar refractivity (Wildman–Crippen MR) is 120 cm³/mol. The maximum atomic E-state index is 12.8. The van der Waals surface area contributed by atoms with Crippen molar-refractivity contribution < 1.29 is 9.59 Å². The minimum Gasteiger partial charge on any atom is -0.337 e. The van der Waals surface area contributed by atoms with Crippen molar-refractivity contribution in [2.75, 3.05) is 5.32 Å². The number of anilines is 1. The van der Waals surface area contributed by atoms with Gasteiger partial charge in [0.2, 0.25) is 5.91 Å². The molecular formula is C24H25N3O2S. The number of fused-ring (bicyclic) bond motifs is 2. The molecule has 4 rings (SSSR count). The third-order valence-corrected chi connectivity index (χ3v) is 7.28. The SMILES string of the molecule is CC(C)(C)[C@H]1CCc2c(sc(NC(=O)Cn3cc(C=O)c4ccccc43)c2C#N)C1. The molecule has 1 N–H and O–H groups in total. The van der Waals surface area contributed by atoms with Gasteiger partial charge in [0, 0.05) is 27.5 Å². The molecule has 0 spiro atoms. The molecule has 0 aliphatic heterocycles. The standard InChI is InChI=1S/C24H25N3O2S/c1-24(2,3)16-8-9-18-19(11-25)23(30-21(18)10-16)26-22(29)13-27-12-15(14-28)17-6-4-5-7-20(17)27/h4-7,12,14,16H,8-10,13H2,1-3H3,(H,26,29)/t16-/m0/s1. The second-order valence-electron chi connectivity index (χ2n) is 9.02. The Hall–Kier alpha value is -2.91. The normalized spacial score (nSPS) is 16.1. The molecule has 0 bridgehead atoms. The lowest BCUT2D eigenvalue weighted by Gasteiger charge is -2.33. The number of nitrogens with zero attached hydrogens (tertiary/aromatic N) is 2.